The molecule has 0 radical (unpaired) electrons. The zero-order chi connectivity index (χ0) is 19.1. The fourth-order valence-corrected chi connectivity index (χ4v) is 4.91. The van der Waals surface area contributed by atoms with Crippen LogP contribution in [0.1, 0.15) is 58.2 Å². The Morgan fingerprint density at radius 3 is 2.38 bits per heavy atom. The molecular formula is C18H23Cl2N3O2S. The summed E-state index contributed by atoms with van der Waals surface area (Å²) in [6, 6.07) is 4.92. The second-order valence-corrected chi connectivity index (χ2v) is 10.2. The number of anilines is 1. The van der Waals surface area contributed by atoms with Crippen LogP contribution in [-0.4, -0.2) is 18.2 Å². The summed E-state index contributed by atoms with van der Waals surface area (Å²) in [5.41, 5.74) is 0.538. The predicted octanol–water partition coefficient (Wildman–Crippen LogP) is 5.40. The normalized spacial score (nSPS) is 16.2. The first-order chi connectivity index (χ1) is 12.1. The molecule has 8 heteroatoms. The van der Waals surface area contributed by atoms with Gasteiger partial charge in [-0.2, -0.15) is 5.10 Å². The van der Waals surface area contributed by atoms with E-state index < -0.39 is 15.4 Å². The molecule has 0 aliphatic heterocycles. The molecule has 26 heavy (non-hydrogen) atoms. The van der Waals surface area contributed by atoms with Gasteiger partial charge in [-0.25, -0.2) is 8.42 Å². The summed E-state index contributed by atoms with van der Waals surface area (Å²) in [6.07, 6.45) is 6.03. The molecule has 1 aromatic heterocycles. The van der Waals surface area contributed by atoms with Crippen molar-refractivity contribution in [2.45, 2.75) is 62.8 Å². The van der Waals surface area contributed by atoms with Crippen molar-refractivity contribution in [2.24, 2.45) is 0 Å². The van der Waals surface area contributed by atoms with Crippen molar-refractivity contribution in [2.75, 3.05) is 4.72 Å². The third-order valence-corrected chi connectivity index (χ3v) is 6.69. The molecule has 1 N–H and O–H groups in total. The first-order valence-corrected chi connectivity index (χ1v) is 10.9. The minimum Gasteiger partial charge on any atom is -0.279 e. The van der Waals surface area contributed by atoms with Gasteiger partial charge in [0.2, 0.25) is 0 Å². The highest BCUT2D eigenvalue weighted by molar-refractivity contribution is 7.92. The van der Waals surface area contributed by atoms with E-state index >= 15 is 0 Å². The van der Waals surface area contributed by atoms with Gasteiger partial charge in [-0.15, -0.1) is 0 Å². The number of sulfonamides is 1. The Balaban J connectivity index is 2.00. The van der Waals surface area contributed by atoms with Crippen LogP contribution in [0, 0.1) is 0 Å². The Bertz CT molecular complexity index is 911. The van der Waals surface area contributed by atoms with Crippen LogP contribution in [0.3, 0.4) is 0 Å². The Labute approximate surface area is 164 Å². The molecule has 0 unspecified atom stereocenters. The lowest BCUT2D eigenvalue weighted by Crippen LogP contribution is -2.20. The molecule has 0 bridgehead atoms. The van der Waals surface area contributed by atoms with Crippen LogP contribution in [0.2, 0.25) is 10.0 Å². The number of halogens is 2. The van der Waals surface area contributed by atoms with Gasteiger partial charge in [0.05, 0.1) is 27.5 Å². The van der Waals surface area contributed by atoms with Crippen LogP contribution in [0.25, 0.3) is 0 Å². The third-order valence-electron chi connectivity index (χ3n) is 4.57. The van der Waals surface area contributed by atoms with Gasteiger partial charge in [0.25, 0.3) is 10.0 Å². The quantitative estimate of drug-likeness (QED) is 0.726. The molecule has 3 rings (SSSR count). The summed E-state index contributed by atoms with van der Waals surface area (Å²) in [5.74, 6) is 0. The minimum atomic E-state index is -3.80. The smallest absolute Gasteiger partial charge is 0.265 e. The maximum absolute atomic E-state index is 13.1. The van der Waals surface area contributed by atoms with E-state index in [-0.39, 0.29) is 10.9 Å². The number of benzene rings is 1. The number of aromatic nitrogens is 2. The zero-order valence-electron chi connectivity index (χ0n) is 15.1. The van der Waals surface area contributed by atoms with Gasteiger partial charge in [0.15, 0.2) is 0 Å². The Morgan fingerprint density at radius 2 is 1.81 bits per heavy atom. The lowest BCUT2D eigenvalue weighted by atomic mass is 9.92. The lowest BCUT2D eigenvalue weighted by Gasteiger charge is -2.18. The van der Waals surface area contributed by atoms with Crippen LogP contribution >= 0.6 is 23.2 Å². The van der Waals surface area contributed by atoms with Crippen molar-refractivity contribution in [3.8, 4) is 0 Å². The fourth-order valence-electron chi connectivity index (χ4n) is 3.22. The Kier molecular flexibility index (Phi) is 5.30. The maximum atomic E-state index is 13.1. The van der Waals surface area contributed by atoms with Crippen LogP contribution < -0.4 is 4.72 Å². The average Bonchev–Trinajstić information content (AvgIpc) is 3.18. The van der Waals surface area contributed by atoms with E-state index in [0.29, 0.717) is 21.4 Å². The van der Waals surface area contributed by atoms with E-state index in [2.05, 4.69) is 9.82 Å². The first kappa shape index (κ1) is 19.5. The molecule has 5 nitrogen and oxygen atoms in total. The average molecular weight is 416 g/mol. The van der Waals surface area contributed by atoms with E-state index in [0.717, 1.165) is 25.7 Å². The van der Waals surface area contributed by atoms with E-state index in [1.54, 1.807) is 18.3 Å². The van der Waals surface area contributed by atoms with Crippen LogP contribution in [0.5, 0.6) is 0 Å². The number of hydrogen-bond donors (Lipinski definition) is 1. The fraction of sp³-hybridized carbons (Fsp3) is 0.500. The van der Waals surface area contributed by atoms with E-state index in [1.165, 1.54) is 6.07 Å². The second-order valence-electron chi connectivity index (χ2n) is 7.74. The molecule has 142 valence electrons. The molecule has 1 heterocycles. The summed E-state index contributed by atoms with van der Waals surface area (Å²) in [4.78, 5) is 0.211. The molecule has 1 fully saturated rings. The maximum Gasteiger partial charge on any atom is 0.265 e. The molecular weight excluding hydrogens is 393 g/mol. The van der Waals surface area contributed by atoms with Crippen molar-refractivity contribution in [3.63, 3.8) is 0 Å². The molecule has 0 saturated heterocycles. The molecule has 1 aliphatic carbocycles. The molecule has 1 aliphatic rings. The lowest BCUT2D eigenvalue weighted by molar-refractivity contribution is 0.448. The van der Waals surface area contributed by atoms with Crippen molar-refractivity contribution >= 4 is 38.9 Å². The number of rotatable bonds is 4. The number of nitrogens with one attached hydrogen (secondary N) is 1. The highest BCUT2D eigenvalue weighted by Crippen LogP contribution is 2.34. The topological polar surface area (TPSA) is 64.0 Å². The van der Waals surface area contributed by atoms with Crippen molar-refractivity contribution in [1.29, 1.82) is 0 Å². The zero-order valence-corrected chi connectivity index (χ0v) is 17.4. The van der Waals surface area contributed by atoms with Crippen molar-refractivity contribution in [3.05, 3.63) is 40.1 Å². The van der Waals surface area contributed by atoms with Crippen molar-refractivity contribution in [1.82, 2.24) is 9.78 Å². The van der Waals surface area contributed by atoms with E-state index in [4.69, 9.17) is 23.2 Å². The highest BCUT2D eigenvalue weighted by Gasteiger charge is 2.32. The third kappa shape index (κ3) is 4.02. The molecule has 2 aromatic rings. The van der Waals surface area contributed by atoms with Gasteiger partial charge in [0.1, 0.15) is 4.90 Å². The monoisotopic (exact) mass is 415 g/mol. The molecule has 1 saturated carbocycles. The largest absolute Gasteiger partial charge is 0.279 e. The second kappa shape index (κ2) is 7.06. The first-order valence-electron chi connectivity index (χ1n) is 8.65. The van der Waals surface area contributed by atoms with Crippen molar-refractivity contribution < 1.29 is 8.42 Å². The highest BCUT2D eigenvalue weighted by atomic mass is 35.5. The van der Waals surface area contributed by atoms with Crippen LogP contribution in [0.15, 0.2) is 29.3 Å². The molecule has 0 amide bonds. The van der Waals surface area contributed by atoms with Gasteiger partial charge in [-0.3, -0.25) is 9.40 Å². The van der Waals surface area contributed by atoms with Crippen LogP contribution in [-0.2, 0) is 15.4 Å². The Hall–Kier alpha value is -1.24. The minimum absolute atomic E-state index is 0.211. The molecule has 0 atom stereocenters. The summed E-state index contributed by atoms with van der Waals surface area (Å²) in [7, 11) is -3.80. The SMILES string of the molecule is CC(C)(C)c1nn(C2CCCC2)cc1S(=O)(=O)Nc1ccc(Cl)c(Cl)c1. The number of nitrogens with zero attached hydrogens (tertiary/aromatic N) is 2. The standard InChI is InChI=1S/C18H23Cl2N3O2S/c1-18(2,3)17-16(11-23(21-17)13-6-4-5-7-13)26(24,25)22-12-8-9-14(19)15(20)10-12/h8-11,13,22H,4-7H2,1-3H3. The van der Waals surface area contributed by atoms with Gasteiger partial charge >= 0.3 is 0 Å². The number of hydrogen-bond acceptors (Lipinski definition) is 3. The van der Waals surface area contributed by atoms with Crippen LogP contribution in [0.4, 0.5) is 5.69 Å². The summed E-state index contributed by atoms with van der Waals surface area (Å²) in [6.45, 7) is 5.89. The van der Waals surface area contributed by atoms with E-state index in [9.17, 15) is 8.42 Å². The van der Waals surface area contributed by atoms with Gasteiger partial charge in [-0.1, -0.05) is 56.8 Å². The van der Waals surface area contributed by atoms with Gasteiger partial charge in [0, 0.05) is 11.6 Å². The summed E-state index contributed by atoms with van der Waals surface area (Å²) in [5, 5.41) is 5.32. The van der Waals surface area contributed by atoms with Gasteiger partial charge in [-0.05, 0) is 31.0 Å². The molecule has 0 spiro atoms. The predicted molar refractivity (Wildman–Crippen MR) is 106 cm³/mol. The molecule has 1 aromatic carbocycles. The van der Waals surface area contributed by atoms with E-state index in [1.807, 2.05) is 25.5 Å². The summed E-state index contributed by atoms with van der Waals surface area (Å²) >= 11 is 11.9. The summed E-state index contributed by atoms with van der Waals surface area (Å²) < 4.78 is 30.5. The van der Waals surface area contributed by atoms with Gasteiger partial charge < -0.3 is 0 Å². The Morgan fingerprint density at radius 1 is 1.15 bits per heavy atom.